The number of para-hydroxylation sites is 1. The fourth-order valence-electron chi connectivity index (χ4n) is 2.78. The minimum atomic E-state index is -3.37. The highest BCUT2D eigenvalue weighted by Gasteiger charge is 2.21. The summed E-state index contributed by atoms with van der Waals surface area (Å²) in [5.41, 5.74) is 2.83. The summed E-state index contributed by atoms with van der Waals surface area (Å²) in [6, 6.07) is 15.3. The topological polar surface area (TPSA) is 39.1 Å². The number of fused-ring (bicyclic) bond motifs is 1. The molecule has 0 spiro atoms. The lowest BCUT2D eigenvalue weighted by molar-refractivity contribution is 0.595. The molecular weight excluding hydrogens is 294 g/mol. The van der Waals surface area contributed by atoms with Gasteiger partial charge in [-0.25, -0.2) is 8.42 Å². The molecule has 1 aromatic heterocycles. The van der Waals surface area contributed by atoms with Crippen molar-refractivity contribution in [2.24, 2.45) is 0 Å². The van der Waals surface area contributed by atoms with Crippen LogP contribution < -0.4 is 0 Å². The predicted octanol–water partition coefficient (Wildman–Crippen LogP) is 3.94. The Kier molecular flexibility index (Phi) is 3.79. The van der Waals surface area contributed by atoms with Gasteiger partial charge in [0.15, 0.2) is 9.84 Å². The molecule has 0 fully saturated rings. The summed E-state index contributed by atoms with van der Waals surface area (Å²) in [6.45, 7) is 4.71. The van der Waals surface area contributed by atoms with Crippen molar-refractivity contribution in [3.8, 4) is 0 Å². The van der Waals surface area contributed by atoms with Crippen LogP contribution in [0.1, 0.15) is 18.1 Å². The van der Waals surface area contributed by atoms with Crippen LogP contribution in [0.3, 0.4) is 0 Å². The molecule has 0 aliphatic carbocycles. The van der Waals surface area contributed by atoms with Gasteiger partial charge in [-0.3, -0.25) is 0 Å². The zero-order valence-corrected chi connectivity index (χ0v) is 13.6. The van der Waals surface area contributed by atoms with E-state index in [1.54, 1.807) is 6.20 Å². The van der Waals surface area contributed by atoms with Gasteiger partial charge in [0, 0.05) is 23.6 Å². The molecule has 3 aromatic rings. The fraction of sp³-hybridized carbons (Fsp3) is 0.222. The monoisotopic (exact) mass is 313 g/mol. The second-order valence-electron chi connectivity index (χ2n) is 5.48. The third-order valence-corrected chi connectivity index (χ3v) is 5.72. The van der Waals surface area contributed by atoms with Crippen LogP contribution in [-0.2, 0) is 22.1 Å². The minimum Gasteiger partial charge on any atom is -0.346 e. The number of aromatic nitrogens is 1. The molecule has 0 saturated carbocycles. The normalized spacial score (nSPS) is 11.9. The molecule has 1 heterocycles. The molecule has 2 aromatic carbocycles. The summed E-state index contributed by atoms with van der Waals surface area (Å²) in [5.74, 6) is 0.0391. The third-order valence-electron chi connectivity index (χ3n) is 4.03. The van der Waals surface area contributed by atoms with Gasteiger partial charge in [0.25, 0.3) is 0 Å². The second kappa shape index (κ2) is 5.61. The van der Waals surface area contributed by atoms with E-state index in [9.17, 15) is 8.42 Å². The molecule has 0 amide bonds. The molecule has 3 rings (SSSR count). The molecule has 0 aliphatic heterocycles. The zero-order chi connectivity index (χ0) is 15.7. The van der Waals surface area contributed by atoms with E-state index in [1.807, 2.05) is 66.9 Å². The maximum absolute atomic E-state index is 12.9. The van der Waals surface area contributed by atoms with E-state index < -0.39 is 9.84 Å². The van der Waals surface area contributed by atoms with Crippen molar-refractivity contribution in [3.63, 3.8) is 0 Å². The summed E-state index contributed by atoms with van der Waals surface area (Å²) in [4.78, 5) is 0.424. The highest BCUT2D eigenvalue weighted by atomic mass is 32.2. The average Bonchev–Trinajstić information content (AvgIpc) is 2.89. The first kappa shape index (κ1) is 14.9. The first-order chi connectivity index (χ1) is 10.5. The van der Waals surface area contributed by atoms with Gasteiger partial charge in [0.1, 0.15) is 0 Å². The second-order valence-corrected chi connectivity index (χ2v) is 7.44. The van der Waals surface area contributed by atoms with Crippen LogP contribution in [-0.4, -0.2) is 13.0 Å². The molecule has 114 valence electrons. The molecule has 0 radical (unpaired) electrons. The molecule has 4 heteroatoms. The lowest BCUT2D eigenvalue weighted by Crippen LogP contribution is -2.05. The third kappa shape index (κ3) is 2.55. The van der Waals surface area contributed by atoms with Crippen LogP contribution in [0.15, 0.2) is 59.6 Å². The van der Waals surface area contributed by atoms with Crippen LogP contribution in [0, 0.1) is 6.92 Å². The standard InChI is InChI=1S/C18H19NO2S/c1-3-19-12-18(16-10-6-7-11-17(16)19)22(20,21)13-15-9-5-4-8-14(15)2/h4-12H,3,13H2,1-2H3. The van der Waals surface area contributed by atoms with Gasteiger partial charge in [0.05, 0.1) is 10.6 Å². The lowest BCUT2D eigenvalue weighted by atomic mass is 10.1. The largest absolute Gasteiger partial charge is 0.346 e. The molecule has 0 bridgehead atoms. The van der Waals surface area contributed by atoms with Crippen molar-refractivity contribution in [2.45, 2.75) is 31.0 Å². The van der Waals surface area contributed by atoms with E-state index in [-0.39, 0.29) is 5.75 Å². The van der Waals surface area contributed by atoms with E-state index in [0.717, 1.165) is 28.6 Å². The number of nitrogens with zero attached hydrogens (tertiary/aromatic N) is 1. The van der Waals surface area contributed by atoms with Crippen LogP contribution in [0.2, 0.25) is 0 Å². The zero-order valence-electron chi connectivity index (χ0n) is 12.8. The number of sulfone groups is 1. The van der Waals surface area contributed by atoms with Crippen molar-refractivity contribution in [3.05, 3.63) is 65.9 Å². The molecule has 0 N–H and O–H groups in total. The van der Waals surface area contributed by atoms with Crippen LogP contribution in [0.25, 0.3) is 10.9 Å². The predicted molar refractivity (Wildman–Crippen MR) is 89.7 cm³/mol. The smallest absolute Gasteiger partial charge is 0.184 e. The Labute approximate surface area is 131 Å². The molecule has 22 heavy (non-hydrogen) atoms. The summed E-state index contributed by atoms with van der Waals surface area (Å²) in [6.07, 6.45) is 1.76. The number of aryl methyl sites for hydroxylation is 2. The van der Waals surface area contributed by atoms with Crippen LogP contribution in [0.5, 0.6) is 0 Å². The summed E-state index contributed by atoms with van der Waals surface area (Å²) in [5, 5.41) is 0.804. The van der Waals surface area contributed by atoms with Crippen molar-refractivity contribution in [1.29, 1.82) is 0 Å². The maximum atomic E-state index is 12.9. The van der Waals surface area contributed by atoms with Gasteiger partial charge in [-0.05, 0) is 31.0 Å². The SMILES string of the molecule is CCn1cc(S(=O)(=O)Cc2ccccc2C)c2ccccc21. The van der Waals surface area contributed by atoms with Crippen LogP contribution in [0.4, 0.5) is 0 Å². The number of rotatable bonds is 4. The van der Waals surface area contributed by atoms with Crippen molar-refractivity contribution >= 4 is 20.7 Å². The Hall–Kier alpha value is -2.07. The number of hydrogen-bond acceptors (Lipinski definition) is 2. The Bertz CT molecular complexity index is 923. The molecule has 0 aliphatic rings. The van der Waals surface area contributed by atoms with Gasteiger partial charge >= 0.3 is 0 Å². The molecule has 3 nitrogen and oxygen atoms in total. The Morgan fingerprint density at radius 2 is 1.68 bits per heavy atom. The van der Waals surface area contributed by atoms with Gasteiger partial charge < -0.3 is 4.57 Å². The maximum Gasteiger partial charge on any atom is 0.184 e. The fourth-order valence-corrected chi connectivity index (χ4v) is 4.46. The average molecular weight is 313 g/mol. The van der Waals surface area contributed by atoms with E-state index >= 15 is 0 Å². The van der Waals surface area contributed by atoms with E-state index in [4.69, 9.17) is 0 Å². The first-order valence-corrected chi connectivity index (χ1v) is 9.03. The molecule has 0 atom stereocenters. The van der Waals surface area contributed by atoms with E-state index in [2.05, 4.69) is 0 Å². The van der Waals surface area contributed by atoms with Crippen molar-refractivity contribution in [2.75, 3.05) is 0 Å². The summed E-state index contributed by atoms with van der Waals surface area (Å²) >= 11 is 0. The molecule has 0 saturated heterocycles. The Morgan fingerprint density at radius 3 is 2.41 bits per heavy atom. The van der Waals surface area contributed by atoms with Gasteiger partial charge in [-0.2, -0.15) is 0 Å². The minimum absolute atomic E-state index is 0.0391. The summed E-state index contributed by atoms with van der Waals surface area (Å²) in [7, 11) is -3.37. The van der Waals surface area contributed by atoms with Gasteiger partial charge in [-0.1, -0.05) is 42.5 Å². The van der Waals surface area contributed by atoms with Crippen LogP contribution >= 0.6 is 0 Å². The quantitative estimate of drug-likeness (QED) is 0.732. The van der Waals surface area contributed by atoms with Gasteiger partial charge in [-0.15, -0.1) is 0 Å². The number of benzene rings is 2. The first-order valence-electron chi connectivity index (χ1n) is 7.38. The lowest BCUT2D eigenvalue weighted by Gasteiger charge is -2.06. The van der Waals surface area contributed by atoms with Crippen molar-refractivity contribution in [1.82, 2.24) is 4.57 Å². The highest BCUT2D eigenvalue weighted by Crippen LogP contribution is 2.28. The number of hydrogen-bond donors (Lipinski definition) is 0. The Balaban J connectivity index is 2.12. The van der Waals surface area contributed by atoms with E-state index in [0.29, 0.717) is 4.90 Å². The van der Waals surface area contributed by atoms with E-state index in [1.165, 1.54) is 0 Å². The van der Waals surface area contributed by atoms with Gasteiger partial charge in [0.2, 0.25) is 0 Å². The van der Waals surface area contributed by atoms with Crippen molar-refractivity contribution < 1.29 is 8.42 Å². The molecular formula is C18H19NO2S. The summed E-state index contributed by atoms with van der Waals surface area (Å²) < 4.78 is 27.8. The Morgan fingerprint density at radius 1 is 1.00 bits per heavy atom. The highest BCUT2D eigenvalue weighted by molar-refractivity contribution is 7.90. The molecule has 0 unspecified atom stereocenters.